The summed E-state index contributed by atoms with van der Waals surface area (Å²) >= 11 is 3.45. The van der Waals surface area contributed by atoms with Gasteiger partial charge in [0.25, 0.3) is 0 Å². The minimum Gasteiger partial charge on any atom is -0.496 e. The summed E-state index contributed by atoms with van der Waals surface area (Å²) < 4.78 is 6.08. The van der Waals surface area contributed by atoms with Gasteiger partial charge in [-0.25, -0.2) is 0 Å². The second-order valence-corrected chi connectivity index (χ2v) is 3.29. The average Bonchev–Trinajstić information content (AvgIpc) is 2.17. The van der Waals surface area contributed by atoms with Crippen LogP contribution in [-0.4, -0.2) is 7.11 Å². The zero-order chi connectivity index (χ0) is 9.84. The van der Waals surface area contributed by atoms with Gasteiger partial charge in [0.1, 0.15) is 5.75 Å². The molecule has 68 valence electrons. The minimum atomic E-state index is 0.806. The van der Waals surface area contributed by atoms with E-state index in [0.717, 1.165) is 21.3 Å². The normalized spacial score (nSPS) is 9.38. The summed E-state index contributed by atoms with van der Waals surface area (Å²) in [6, 6.07) is 3.85. The Morgan fingerprint density at radius 1 is 1.31 bits per heavy atom. The van der Waals surface area contributed by atoms with E-state index in [1.54, 1.807) is 19.3 Å². The molecule has 0 atom stereocenters. The molecule has 0 unspecified atom stereocenters. The fourth-order valence-corrected chi connectivity index (χ4v) is 1.82. The van der Waals surface area contributed by atoms with Crippen molar-refractivity contribution in [1.29, 1.82) is 0 Å². The molecule has 1 aromatic carbocycles. The lowest BCUT2D eigenvalue weighted by atomic mass is 10.1. The maximum absolute atomic E-state index is 5.16. The molecule has 0 fully saturated rings. The van der Waals surface area contributed by atoms with Gasteiger partial charge in [-0.15, -0.1) is 0 Å². The highest BCUT2D eigenvalue weighted by Crippen LogP contribution is 2.32. The summed E-state index contributed by atoms with van der Waals surface area (Å²) in [6.07, 6.45) is 3.57. The molecule has 0 saturated carbocycles. The highest BCUT2D eigenvalue weighted by Gasteiger charge is 2.06. The fourth-order valence-electron chi connectivity index (χ4n) is 1.13. The Labute approximate surface area is 86.9 Å². The summed E-state index contributed by atoms with van der Waals surface area (Å²) in [5.74, 6) is 0.806. The number of rotatable bonds is 3. The summed E-state index contributed by atoms with van der Waals surface area (Å²) in [5, 5.41) is 0. The molecule has 0 bridgehead atoms. The largest absolute Gasteiger partial charge is 0.496 e. The second kappa shape index (κ2) is 4.28. The standard InChI is InChI=1S/C11H11BrO/c1-4-8-6-7-10(13-3)11(12)9(8)5-2/h4-7H,1-2H2,3H3. The molecule has 2 heteroatoms. The highest BCUT2D eigenvalue weighted by atomic mass is 79.9. The van der Waals surface area contributed by atoms with Gasteiger partial charge in [0.05, 0.1) is 11.6 Å². The van der Waals surface area contributed by atoms with Crippen LogP contribution >= 0.6 is 15.9 Å². The number of hydrogen-bond donors (Lipinski definition) is 0. The van der Waals surface area contributed by atoms with Gasteiger partial charge in [-0.05, 0) is 33.1 Å². The van der Waals surface area contributed by atoms with Crippen LogP contribution in [-0.2, 0) is 0 Å². The first-order chi connectivity index (χ1) is 6.24. The van der Waals surface area contributed by atoms with Crippen molar-refractivity contribution in [2.45, 2.75) is 0 Å². The third kappa shape index (κ3) is 1.83. The third-order valence-electron chi connectivity index (χ3n) is 1.82. The molecule has 0 saturated heterocycles. The van der Waals surface area contributed by atoms with E-state index in [1.807, 2.05) is 12.1 Å². The van der Waals surface area contributed by atoms with E-state index < -0.39 is 0 Å². The van der Waals surface area contributed by atoms with E-state index >= 15 is 0 Å². The lowest BCUT2D eigenvalue weighted by Crippen LogP contribution is -1.89. The van der Waals surface area contributed by atoms with E-state index in [4.69, 9.17) is 4.74 Å². The molecule has 0 aliphatic rings. The van der Waals surface area contributed by atoms with Crippen molar-refractivity contribution >= 4 is 28.1 Å². The van der Waals surface area contributed by atoms with Gasteiger partial charge < -0.3 is 4.74 Å². The topological polar surface area (TPSA) is 9.23 Å². The Morgan fingerprint density at radius 3 is 2.46 bits per heavy atom. The quantitative estimate of drug-likeness (QED) is 0.780. The molecule has 13 heavy (non-hydrogen) atoms. The molecule has 0 aliphatic heterocycles. The average molecular weight is 239 g/mol. The second-order valence-electron chi connectivity index (χ2n) is 2.49. The van der Waals surface area contributed by atoms with E-state index in [1.165, 1.54) is 0 Å². The van der Waals surface area contributed by atoms with Crippen LogP contribution in [0.3, 0.4) is 0 Å². The number of hydrogen-bond acceptors (Lipinski definition) is 1. The number of benzene rings is 1. The number of ether oxygens (including phenoxy) is 1. The Balaban J connectivity index is 3.39. The Bertz CT molecular complexity index is 342. The van der Waals surface area contributed by atoms with Gasteiger partial charge >= 0.3 is 0 Å². The van der Waals surface area contributed by atoms with Gasteiger partial charge in [0.15, 0.2) is 0 Å². The van der Waals surface area contributed by atoms with Gasteiger partial charge in [0, 0.05) is 0 Å². The van der Waals surface area contributed by atoms with Crippen LogP contribution in [0.25, 0.3) is 12.2 Å². The molecule has 0 heterocycles. The van der Waals surface area contributed by atoms with E-state index in [2.05, 4.69) is 29.1 Å². The van der Waals surface area contributed by atoms with Crippen LogP contribution in [0, 0.1) is 0 Å². The maximum atomic E-state index is 5.16. The molecule has 1 aromatic rings. The van der Waals surface area contributed by atoms with Crippen LogP contribution in [0.4, 0.5) is 0 Å². The Kier molecular flexibility index (Phi) is 3.32. The molecule has 0 aromatic heterocycles. The molecule has 0 N–H and O–H groups in total. The molecule has 1 rings (SSSR count). The molecule has 0 spiro atoms. The van der Waals surface area contributed by atoms with Crippen molar-refractivity contribution in [2.24, 2.45) is 0 Å². The first kappa shape index (κ1) is 10.1. The predicted octanol–water partition coefficient (Wildman–Crippen LogP) is 3.74. The SMILES string of the molecule is C=Cc1ccc(OC)c(Br)c1C=C. The zero-order valence-corrected chi connectivity index (χ0v) is 9.10. The Hall–Kier alpha value is -1.02. The smallest absolute Gasteiger partial charge is 0.133 e. The zero-order valence-electron chi connectivity index (χ0n) is 7.51. The number of halogens is 1. The number of methoxy groups -OCH3 is 1. The summed E-state index contributed by atoms with van der Waals surface area (Å²) in [6.45, 7) is 7.47. The first-order valence-electron chi connectivity index (χ1n) is 3.86. The maximum Gasteiger partial charge on any atom is 0.133 e. The van der Waals surface area contributed by atoms with E-state index in [-0.39, 0.29) is 0 Å². The third-order valence-corrected chi connectivity index (χ3v) is 2.64. The minimum absolute atomic E-state index is 0.806. The van der Waals surface area contributed by atoms with Gasteiger partial charge in [-0.3, -0.25) is 0 Å². The lowest BCUT2D eigenvalue weighted by Gasteiger charge is -2.08. The predicted molar refractivity (Wildman–Crippen MR) is 60.9 cm³/mol. The van der Waals surface area contributed by atoms with Crippen LogP contribution < -0.4 is 4.74 Å². The highest BCUT2D eigenvalue weighted by molar-refractivity contribution is 9.10. The van der Waals surface area contributed by atoms with Gasteiger partial charge in [-0.1, -0.05) is 31.4 Å². The van der Waals surface area contributed by atoms with Gasteiger partial charge in [-0.2, -0.15) is 0 Å². The van der Waals surface area contributed by atoms with Crippen molar-refractivity contribution in [1.82, 2.24) is 0 Å². The van der Waals surface area contributed by atoms with Crippen molar-refractivity contribution < 1.29 is 4.74 Å². The van der Waals surface area contributed by atoms with Crippen LogP contribution in [0.1, 0.15) is 11.1 Å². The molecular formula is C11H11BrO. The fraction of sp³-hybridized carbons (Fsp3) is 0.0909. The van der Waals surface area contributed by atoms with Crippen molar-refractivity contribution in [3.05, 3.63) is 40.9 Å². The molecule has 1 nitrogen and oxygen atoms in total. The summed E-state index contributed by atoms with van der Waals surface area (Å²) in [7, 11) is 1.64. The summed E-state index contributed by atoms with van der Waals surface area (Å²) in [4.78, 5) is 0. The van der Waals surface area contributed by atoms with Crippen LogP contribution in [0.5, 0.6) is 5.75 Å². The molecule has 0 amide bonds. The van der Waals surface area contributed by atoms with Crippen molar-refractivity contribution in [3.63, 3.8) is 0 Å². The molecule has 0 aliphatic carbocycles. The monoisotopic (exact) mass is 238 g/mol. The lowest BCUT2D eigenvalue weighted by molar-refractivity contribution is 0.412. The summed E-state index contributed by atoms with van der Waals surface area (Å²) in [5.41, 5.74) is 2.05. The first-order valence-corrected chi connectivity index (χ1v) is 4.65. The van der Waals surface area contributed by atoms with Crippen LogP contribution in [0.15, 0.2) is 29.8 Å². The van der Waals surface area contributed by atoms with Crippen molar-refractivity contribution in [3.8, 4) is 5.75 Å². The van der Waals surface area contributed by atoms with Crippen LogP contribution in [0.2, 0.25) is 0 Å². The van der Waals surface area contributed by atoms with E-state index in [9.17, 15) is 0 Å². The molecular weight excluding hydrogens is 228 g/mol. The van der Waals surface area contributed by atoms with Gasteiger partial charge in [0.2, 0.25) is 0 Å². The van der Waals surface area contributed by atoms with Crippen molar-refractivity contribution in [2.75, 3.05) is 7.11 Å². The molecule has 0 radical (unpaired) electrons. The Morgan fingerprint density at radius 2 is 2.00 bits per heavy atom. The van der Waals surface area contributed by atoms with E-state index in [0.29, 0.717) is 0 Å².